The molecule has 0 bridgehead atoms. The number of hydrogen-bond acceptors (Lipinski definition) is 3. The molecular formula is C12H14BrClN2O4S. The Balaban J connectivity index is 2.18. The summed E-state index contributed by atoms with van der Waals surface area (Å²) in [6.07, 6.45) is 1.01. The normalized spacial score (nSPS) is 20.2. The molecule has 1 unspecified atom stereocenters. The highest BCUT2D eigenvalue weighted by atomic mass is 79.9. The fourth-order valence-corrected chi connectivity index (χ4v) is 4.11. The standard InChI is InChI=1S/C12H14BrClN2O4S/c13-10-4-3-9(14)6-11(10)15-21(19,20)16-5-1-2-8(7-16)12(17)18/h3-4,6,8,15H,1-2,5,7H2,(H,17,18). The lowest BCUT2D eigenvalue weighted by Crippen LogP contribution is -2.44. The van der Waals surface area contributed by atoms with Gasteiger partial charge in [0, 0.05) is 22.6 Å². The SMILES string of the molecule is O=C(O)C1CCCN(S(=O)(=O)Nc2cc(Cl)ccc2Br)C1. The molecule has 1 saturated heterocycles. The van der Waals surface area contributed by atoms with Crippen LogP contribution in [0.5, 0.6) is 0 Å². The third-order valence-corrected chi connectivity index (χ3v) is 5.66. The first-order valence-corrected chi connectivity index (χ1v) is 8.86. The van der Waals surface area contributed by atoms with E-state index in [0.717, 1.165) is 4.31 Å². The number of hydrogen-bond donors (Lipinski definition) is 2. The Kier molecular flexibility index (Phi) is 5.13. The van der Waals surface area contributed by atoms with E-state index in [4.69, 9.17) is 16.7 Å². The summed E-state index contributed by atoms with van der Waals surface area (Å²) in [5.74, 6) is -1.64. The van der Waals surface area contributed by atoms with Gasteiger partial charge >= 0.3 is 16.2 Å². The summed E-state index contributed by atoms with van der Waals surface area (Å²) in [4.78, 5) is 11.0. The topological polar surface area (TPSA) is 86.7 Å². The van der Waals surface area contributed by atoms with E-state index in [1.807, 2.05) is 0 Å². The number of nitrogens with zero attached hydrogens (tertiary/aromatic N) is 1. The van der Waals surface area contributed by atoms with Crippen LogP contribution in [0.2, 0.25) is 5.02 Å². The molecule has 1 fully saturated rings. The van der Waals surface area contributed by atoms with Crippen LogP contribution < -0.4 is 4.72 Å². The van der Waals surface area contributed by atoms with E-state index in [-0.39, 0.29) is 6.54 Å². The minimum atomic E-state index is -3.81. The molecule has 6 nitrogen and oxygen atoms in total. The molecule has 1 heterocycles. The van der Waals surface area contributed by atoms with Crippen LogP contribution in [-0.2, 0) is 15.0 Å². The van der Waals surface area contributed by atoms with Crippen LogP contribution in [0.1, 0.15) is 12.8 Å². The number of carboxylic acid groups (broad SMARTS) is 1. The van der Waals surface area contributed by atoms with E-state index in [2.05, 4.69) is 20.7 Å². The molecule has 2 N–H and O–H groups in total. The quantitative estimate of drug-likeness (QED) is 0.817. The summed E-state index contributed by atoms with van der Waals surface area (Å²) in [5.41, 5.74) is 0.319. The number of aliphatic carboxylic acids is 1. The Hall–Kier alpha value is -0.830. The Morgan fingerprint density at radius 3 is 2.86 bits per heavy atom. The average molecular weight is 398 g/mol. The van der Waals surface area contributed by atoms with Crippen molar-refractivity contribution in [3.05, 3.63) is 27.7 Å². The smallest absolute Gasteiger partial charge is 0.307 e. The van der Waals surface area contributed by atoms with Crippen molar-refractivity contribution in [1.82, 2.24) is 4.31 Å². The number of halogens is 2. The van der Waals surface area contributed by atoms with Crippen LogP contribution in [0.4, 0.5) is 5.69 Å². The van der Waals surface area contributed by atoms with Crippen LogP contribution in [0.25, 0.3) is 0 Å². The van der Waals surface area contributed by atoms with Crippen LogP contribution in [-0.4, -0.2) is 36.9 Å². The number of nitrogens with one attached hydrogen (secondary N) is 1. The van der Waals surface area contributed by atoms with Gasteiger partial charge in [0.1, 0.15) is 0 Å². The van der Waals surface area contributed by atoms with Gasteiger partial charge in [0.25, 0.3) is 0 Å². The largest absolute Gasteiger partial charge is 0.481 e. The zero-order valence-electron chi connectivity index (χ0n) is 10.9. The van der Waals surface area contributed by atoms with Gasteiger partial charge in [-0.3, -0.25) is 9.52 Å². The fourth-order valence-electron chi connectivity index (χ4n) is 2.14. The molecule has 21 heavy (non-hydrogen) atoms. The molecule has 116 valence electrons. The van der Waals surface area contributed by atoms with Crippen molar-refractivity contribution < 1.29 is 18.3 Å². The summed E-state index contributed by atoms with van der Waals surface area (Å²) in [6.45, 7) is 0.278. The zero-order chi connectivity index (χ0) is 15.6. The van der Waals surface area contributed by atoms with Crippen molar-refractivity contribution in [2.45, 2.75) is 12.8 Å². The van der Waals surface area contributed by atoms with Crippen molar-refractivity contribution in [2.24, 2.45) is 5.92 Å². The lowest BCUT2D eigenvalue weighted by Gasteiger charge is -2.30. The van der Waals surface area contributed by atoms with Crippen molar-refractivity contribution in [3.63, 3.8) is 0 Å². The molecule has 0 aliphatic carbocycles. The van der Waals surface area contributed by atoms with Gasteiger partial charge in [0.2, 0.25) is 0 Å². The van der Waals surface area contributed by atoms with Gasteiger partial charge in [-0.1, -0.05) is 11.6 Å². The van der Waals surface area contributed by atoms with Crippen LogP contribution in [0, 0.1) is 5.92 Å². The second-order valence-corrected chi connectivity index (χ2v) is 7.73. The monoisotopic (exact) mass is 396 g/mol. The van der Waals surface area contributed by atoms with Gasteiger partial charge < -0.3 is 5.11 Å². The Morgan fingerprint density at radius 1 is 1.48 bits per heavy atom. The predicted octanol–water partition coefficient (Wildman–Crippen LogP) is 2.56. The molecule has 0 saturated carbocycles. The van der Waals surface area contributed by atoms with Crippen molar-refractivity contribution in [3.8, 4) is 0 Å². The number of piperidine rings is 1. The van der Waals surface area contributed by atoms with Crippen molar-refractivity contribution >= 4 is 49.4 Å². The van der Waals surface area contributed by atoms with Gasteiger partial charge in [-0.2, -0.15) is 12.7 Å². The minimum absolute atomic E-state index is 0.0249. The minimum Gasteiger partial charge on any atom is -0.481 e. The lowest BCUT2D eigenvalue weighted by molar-refractivity contribution is -0.142. The molecule has 0 aromatic heterocycles. The molecule has 2 rings (SSSR count). The maximum absolute atomic E-state index is 12.3. The van der Waals surface area contributed by atoms with Gasteiger partial charge in [0.15, 0.2) is 0 Å². The van der Waals surface area contributed by atoms with Crippen LogP contribution in [0.3, 0.4) is 0 Å². The molecule has 0 spiro atoms. The number of carbonyl (C=O) groups is 1. The van der Waals surface area contributed by atoms with Gasteiger partial charge in [-0.15, -0.1) is 0 Å². The summed E-state index contributed by atoms with van der Waals surface area (Å²) in [7, 11) is -3.81. The highest BCUT2D eigenvalue weighted by molar-refractivity contribution is 9.10. The molecule has 1 aliphatic rings. The molecule has 1 aromatic carbocycles. The third kappa shape index (κ3) is 4.09. The first-order chi connectivity index (χ1) is 9.79. The van der Waals surface area contributed by atoms with Crippen LogP contribution in [0.15, 0.2) is 22.7 Å². The summed E-state index contributed by atoms with van der Waals surface area (Å²) in [6, 6.07) is 4.75. The zero-order valence-corrected chi connectivity index (χ0v) is 14.1. The maximum Gasteiger partial charge on any atom is 0.307 e. The average Bonchev–Trinajstić information content (AvgIpc) is 2.43. The lowest BCUT2D eigenvalue weighted by atomic mass is 10.0. The Morgan fingerprint density at radius 2 is 2.19 bits per heavy atom. The molecule has 0 amide bonds. The number of rotatable bonds is 4. The first-order valence-electron chi connectivity index (χ1n) is 6.25. The van der Waals surface area contributed by atoms with Crippen molar-refractivity contribution in [1.29, 1.82) is 0 Å². The van der Waals surface area contributed by atoms with E-state index in [1.165, 1.54) is 6.07 Å². The Labute approximate surface area is 136 Å². The summed E-state index contributed by atoms with van der Waals surface area (Å²) in [5, 5.41) is 9.43. The van der Waals surface area contributed by atoms with E-state index in [9.17, 15) is 13.2 Å². The van der Waals surface area contributed by atoms with Gasteiger partial charge in [0.05, 0.1) is 11.6 Å². The molecular weight excluding hydrogens is 384 g/mol. The van der Waals surface area contributed by atoms with E-state index in [1.54, 1.807) is 12.1 Å². The number of benzene rings is 1. The third-order valence-electron chi connectivity index (χ3n) is 3.24. The molecule has 1 atom stereocenters. The van der Waals surface area contributed by atoms with Gasteiger partial charge in [-0.25, -0.2) is 0 Å². The second-order valence-electron chi connectivity index (χ2n) is 4.77. The predicted molar refractivity (Wildman–Crippen MR) is 83.6 cm³/mol. The highest BCUT2D eigenvalue weighted by Crippen LogP contribution is 2.28. The fraction of sp³-hybridized carbons (Fsp3) is 0.417. The van der Waals surface area contributed by atoms with Crippen molar-refractivity contribution in [2.75, 3.05) is 17.8 Å². The summed E-state index contributed by atoms with van der Waals surface area (Å²) >= 11 is 9.09. The molecule has 1 aromatic rings. The Bertz CT molecular complexity index is 653. The van der Waals surface area contributed by atoms with E-state index < -0.39 is 22.1 Å². The first kappa shape index (κ1) is 16.5. The van der Waals surface area contributed by atoms with E-state index in [0.29, 0.717) is 34.6 Å². The molecule has 1 aliphatic heterocycles. The number of carboxylic acids is 1. The summed E-state index contributed by atoms with van der Waals surface area (Å²) < 4.78 is 28.8. The molecule has 9 heteroatoms. The second kappa shape index (κ2) is 6.51. The van der Waals surface area contributed by atoms with Crippen LogP contribution >= 0.6 is 27.5 Å². The highest BCUT2D eigenvalue weighted by Gasteiger charge is 2.32. The van der Waals surface area contributed by atoms with E-state index >= 15 is 0 Å². The molecule has 0 radical (unpaired) electrons. The number of anilines is 1. The maximum atomic E-state index is 12.3. The van der Waals surface area contributed by atoms with Gasteiger partial charge in [-0.05, 0) is 47.0 Å².